The van der Waals surface area contributed by atoms with Crippen molar-refractivity contribution in [2.24, 2.45) is 0 Å². The van der Waals surface area contributed by atoms with Gasteiger partial charge in [0.2, 0.25) is 0 Å². The molecule has 0 saturated heterocycles. The molecule has 0 N–H and O–H groups in total. The molecule has 0 nitrogen and oxygen atoms in total. The number of allylic oxidation sites excluding steroid dienone is 1. The molecule has 0 aromatic heterocycles. The van der Waals surface area contributed by atoms with Crippen molar-refractivity contribution >= 4 is 87.1 Å². The van der Waals surface area contributed by atoms with E-state index in [0.717, 1.165) is 6.42 Å². The summed E-state index contributed by atoms with van der Waals surface area (Å²) in [6.07, 6.45) is 3.50. The van der Waals surface area contributed by atoms with Gasteiger partial charge in [-0.1, -0.05) is 159 Å². The Labute approximate surface area is 347 Å². The molecule has 8 aromatic carbocycles. The Balaban J connectivity index is 0.000000145. The second-order valence-corrected chi connectivity index (χ2v) is 29.0. The summed E-state index contributed by atoms with van der Waals surface area (Å²) in [6.45, 7) is 14.6. The van der Waals surface area contributed by atoms with Gasteiger partial charge in [-0.05, 0) is 46.7 Å². The molecule has 0 bridgehead atoms. The van der Waals surface area contributed by atoms with Crippen molar-refractivity contribution in [3.8, 4) is 11.1 Å². The molecule has 0 amide bonds. The number of benzene rings is 6. The van der Waals surface area contributed by atoms with Crippen LogP contribution in [0.25, 0.3) is 49.5 Å². The zero-order valence-corrected chi connectivity index (χ0v) is 38.4. The van der Waals surface area contributed by atoms with Gasteiger partial charge in [0.1, 0.15) is 0 Å². The average molecular weight is 865 g/mol. The third-order valence-electron chi connectivity index (χ3n) is 12.2. The molecule has 2 aliphatic rings. The molecule has 274 valence electrons. The van der Waals surface area contributed by atoms with Gasteiger partial charge in [-0.3, -0.25) is 0 Å². The van der Waals surface area contributed by atoms with Crippen LogP contribution in [0.5, 0.6) is 0 Å². The average Bonchev–Trinajstić information content (AvgIpc) is 3.94. The van der Waals surface area contributed by atoms with E-state index in [2.05, 4.69) is 192 Å². The van der Waals surface area contributed by atoms with Gasteiger partial charge in [-0.15, -0.1) is 78.6 Å². The molecule has 0 saturated carbocycles. The van der Waals surface area contributed by atoms with E-state index in [-0.39, 0.29) is 0 Å². The molecule has 0 unspecified atom stereocenters. The maximum absolute atomic E-state index is 4.93. The first kappa shape index (κ1) is 38.3. The van der Waals surface area contributed by atoms with Crippen LogP contribution in [0.4, 0.5) is 0 Å². The van der Waals surface area contributed by atoms with Crippen LogP contribution in [-0.4, -0.2) is 16.1 Å². The monoisotopic (exact) mass is 862 g/mol. The van der Waals surface area contributed by atoms with Crippen molar-refractivity contribution in [2.45, 2.75) is 52.0 Å². The van der Waals surface area contributed by atoms with E-state index in [9.17, 15) is 0 Å². The summed E-state index contributed by atoms with van der Waals surface area (Å²) in [6, 6.07) is 54.5. The SMILES string of the molecule is CC1=Cc2cccc([Si](C)(C)C3c4ccccc4-c4ccccc43)c2C1.Cc1cc2cccc([Si](C)(C)[c-]3c4ccccc4c4ccccc43)c2[cH-]1.[Cl][Zr][Cl]. The van der Waals surface area contributed by atoms with Crippen LogP contribution in [0.15, 0.2) is 151 Å². The molecule has 55 heavy (non-hydrogen) atoms. The minimum atomic E-state index is -1.88. The van der Waals surface area contributed by atoms with Gasteiger partial charge in [0.05, 0.1) is 8.07 Å². The zero-order valence-electron chi connectivity index (χ0n) is 32.5. The number of hydrogen-bond acceptors (Lipinski definition) is 0. The van der Waals surface area contributed by atoms with E-state index in [1.54, 1.807) is 21.1 Å². The molecule has 0 heterocycles. The summed E-state index contributed by atoms with van der Waals surface area (Å²) >= 11 is -0.826. The van der Waals surface area contributed by atoms with Gasteiger partial charge in [0, 0.05) is 13.6 Å². The molecule has 5 heteroatoms. The normalized spacial score (nSPS) is 13.4. The summed E-state index contributed by atoms with van der Waals surface area (Å²) in [5.41, 5.74) is 12.4. The molecule has 10 rings (SSSR count). The Morgan fingerprint density at radius 3 is 1.78 bits per heavy atom. The quantitative estimate of drug-likeness (QED) is 0.122. The van der Waals surface area contributed by atoms with Crippen LogP contribution in [0, 0.1) is 6.92 Å². The van der Waals surface area contributed by atoms with Gasteiger partial charge in [0.25, 0.3) is 0 Å². The molecule has 0 fully saturated rings. The summed E-state index contributed by atoms with van der Waals surface area (Å²) < 4.78 is 0. The maximum atomic E-state index is 4.93. The number of fused-ring (bicyclic) bond motifs is 8. The van der Waals surface area contributed by atoms with Crippen LogP contribution in [0.1, 0.15) is 40.3 Å². The molecular formula is C50H46Cl2Si2Zr-2. The zero-order chi connectivity index (χ0) is 38.5. The van der Waals surface area contributed by atoms with E-state index in [1.807, 2.05) is 0 Å². The van der Waals surface area contributed by atoms with Gasteiger partial charge < -0.3 is 0 Å². The van der Waals surface area contributed by atoms with Gasteiger partial charge in [0.15, 0.2) is 0 Å². The number of halogens is 2. The molecule has 2 aliphatic carbocycles. The van der Waals surface area contributed by atoms with E-state index < -0.39 is 37.0 Å². The number of rotatable bonds is 4. The van der Waals surface area contributed by atoms with Crippen molar-refractivity contribution in [3.05, 3.63) is 179 Å². The van der Waals surface area contributed by atoms with Crippen LogP contribution in [-0.2, 0) is 27.3 Å². The van der Waals surface area contributed by atoms with Crippen molar-refractivity contribution in [1.82, 2.24) is 0 Å². The minimum absolute atomic E-state index is 0.530. The van der Waals surface area contributed by atoms with Crippen molar-refractivity contribution in [1.29, 1.82) is 0 Å². The van der Waals surface area contributed by atoms with Crippen LogP contribution < -0.4 is 15.6 Å². The standard InChI is InChI=1S/C25H24Si.C25H22Si.2ClH.Zr/c2*1-17-15-18-9-8-14-24(23(18)16-17)26(2,3)25-21-12-6-4-10-19(21)20-11-5-7-13-22(20)25;;;/h4-15,25H,16H2,1-3H3;4-16H,1-3H3;2*1H;/q;-2;;;+2/p-2. The Morgan fingerprint density at radius 2 is 1.16 bits per heavy atom. The van der Waals surface area contributed by atoms with Crippen molar-refractivity contribution < 1.29 is 20.8 Å². The molecule has 0 atom stereocenters. The third-order valence-corrected chi connectivity index (χ3v) is 19.7. The van der Waals surface area contributed by atoms with Gasteiger partial charge in [-0.25, -0.2) is 0 Å². The Morgan fingerprint density at radius 1 is 0.636 bits per heavy atom. The Kier molecular flexibility index (Phi) is 10.7. The van der Waals surface area contributed by atoms with Gasteiger partial charge >= 0.3 is 37.9 Å². The summed E-state index contributed by atoms with van der Waals surface area (Å²) in [5, 5.41) is 13.2. The number of aryl methyl sites for hydroxylation is 1. The fourth-order valence-electron chi connectivity index (χ4n) is 9.98. The van der Waals surface area contributed by atoms with Crippen molar-refractivity contribution in [2.75, 3.05) is 0 Å². The molecule has 0 aliphatic heterocycles. The fourth-order valence-corrected chi connectivity index (χ4v) is 17.3. The summed E-state index contributed by atoms with van der Waals surface area (Å²) in [7, 11) is 6.22. The van der Waals surface area contributed by atoms with E-state index in [1.165, 1.54) is 71.3 Å². The molecule has 0 spiro atoms. The third kappa shape index (κ3) is 6.75. The van der Waals surface area contributed by atoms with E-state index in [4.69, 9.17) is 17.0 Å². The van der Waals surface area contributed by atoms with Gasteiger partial charge in [-0.2, -0.15) is 6.07 Å². The van der Waals surface area contributed by atoms with Crippen LogP contribution in [0.3, 0.4) is 0 Å². The van der Waals surface area contributed by atoms with Crippen LogP contribution >= 0.6 is 17.0 Å². The van der Waals surface area contributed by atoms with Crippen LogP contribution in [0.2, 0.25) is 26.2 Å². The van der Waals surface area contributed by atoms with E-state index in [0.29, 0.717) is 5.54 Å². The second-order valence-electron chi connectivity index (χ2n) is 16.4. The number of hydrogen-bond donors (Lipinski definition) is 0. The first-order valence-electron chi connectivity index (χ1n) is 19.2. The topological polar surface area (TPSA) is 0 Å². The predicted molar refractivity (Wildman–Crippen MR) is 244 cm³/mol. The molecular weight excluding hydrogens is 819 g/mol. The second kappa shape index (κ2) is 15.4. The Hall–Kier alpha value is -3.56. The molecule has 8 aromatic rings. The van der Waals surface area contributed by atoms with Crippen molar-refractivity contribution in [3.63, 3.8) is 0 Å². The first-order chi connectivity index (χ1) is 26.6. The summed E-state index contributed by atoms with van der Waals surface area (Å²) in [4.78, 5) is 0. The Bertz CT molecular complexity index is 2630. The molecule has 0 radical (unpaired) electrons. The van der Waals surface area contributed by atoms with E-state index >= 15 is 0 Å². The first-order valence-corrected chi connectivity index (χ1v) is 31.6. The summed E-state index contributed by atoms with van der Waals surface area (Å²) in [5.74, 6) is 0. The fraction of sp³-hybridized carbons (Fsp3) is 0.160. The predicted octanol–water partition coefficient (Wildman–Crippen LogP) is 13.0.